The molecule has 2 N–H and O–H groups in total. The number of aliphatic hydroxyl groups is 1. The van der Waals surface area contributed by atoms with Gasteiger partial charge in [0.2, 0.25) is 0 Å². The Hall–Kier alpha value is -1.79. The van der Waals surface area contributed by atoms with Crippen molar-refractivity contribution in [2.24, 2.45) is 0 Å². The topological polar surface area (TPSA) is 62.2 Å². The van der Waals surface area contributed by atoms with Gasteiger partial charge >= 0.3 is 0 Å². The number of hydrogen-bond donors (Lipinski definition) is 2. The van der Waals surface area contributed by atoms with Gasteiger partial charge in [-0.1, -0.05) is 6.07 Å². The van der Waals surface area contributed by atoms with E-state index >= 15 is 0 Å². The zero-order chi connectivity index (χ0) is 13.7. The Morgan fingerprint density at radius 2 is 2.37 bits per heavy atom. The predicted molar refractivity (Wildman–Crippen MR) is 70.4 cm³/mol. The van der Waals surface area contributed by atoms with Gasteiger partial charge < -0.3 is 10.4 Å². The molecule has 0 spiro atoms. The molecule has 0 unspecified atom stereocenters. The summed E-state index contributed by atoms with van der Waals surface area (Å²) in [6, 6.07) is 4.75. The van der Waals surface area contributed by atoms with Crippen LogP contribution in [0.5, 0.6) is 0 Å². The van der Waals surface area contributed by atoms with Gasteiger partial charge in [0.1, 0.15) is 0 Å². The molecule has 0 saturated carbocycles. The third-order valence-electron chi connectivity index (χ3n) is 2.63. The number of hydrogen-bond acceptors (Lipinski definition) is 4. The van der Waals surface area contributed by atoms with Gasteiger partial charge in [0, 0.05) is 17.7 Å². The first-order valence-electron chi connectivity index (χ1n) is 5.77. The van der Waals surface area contributed by atoms with Crippen molar-refractivity contribution in [3.8, 4) is 0 Å². The minimum Gasteiger partial charge on any atom is -0.396 e. The number of carbonyl (C=O) groups is 1. The monoisotopic (exact) mass is 280 g/mol. The van der Waals surface area contributed by atoms with E-state index in [-0.39, 0.29) is 18.2 Å². The van der Waals surface area contributed by atoms with Crippen LogP contribution >= 0.6 is 11.3 Å². The van der Waals surface area contributed by atoms with Gasteiger partial charge in [0.05, 0.1) is 17.8 Å². The Morgan fingerprint density at radius 3 is 3.00 bits per heavy atom. The first-order valence-corrected chi connectivity index (χ1v) is 6.65. The van der Waals surface area contributed by atoms with Crippen molar-refractivity contribution in [2.75, 3.05) is 6.61 Å². The van der Waals surface area contributed by atoms with E-state index in [1.807, 2.05) is 17.5 Å². The lowest BCUT2D eigenvalue weighted by Crippen LogP contribution is -2.29. The molecule has 2 heterocycles. The van der Waals surface area contributed by atoms with E-state index in [2.05, 4.69) is 10.3 Å². The second kappa shape index (κ2) is 6.40. The molecule has 0 aliphatic carbocycles. The standard InChI is InChI=1S/C13H13FN2O2S/c14-10-8-15-5-3-9(10)13(18)16-11(4-6-17)12-2-1-7-19-12/h1-3,5,7-8,11,17H,4,6H2,(H,16,18)/t11-/m0/s1. The molecule has 4 nitrogen and oxygen atoms in total. The second-order valence-corrected chi connectivity index (χ2v) is 4.89. The molecule has 0 aliphatic heterocycles. The highest BCUT2D eigenvalue weighted by atomic mass is 32.1. The molecule has 100 valence electrons. The summed E-state index contributed by atoms with van der Waals surface area (Å²) in [6.07, 6.45) is 2.75. The van der Waals surface area contributed by atoms with Crippen molar-refractivity contribution in [3.63, 3.8) is 0 Å². The number of carbonyl (C=O) groups excluding carboxylic acids is 1. The van der Waals surface area contributed by atoms with Crippen LogP contribution in [0, 0.1) is 5.82 Å². The van der Waals surface area contributed by atoms with Crippen molar-refractivity contribution in [2.45, 2.75) is 12.5 Å². The molecule has 2 rings (SSSR count). The van der Waals surface area contributed by atoms with Crippen molar-refractivity contribution >= 4 is 17.2 Å². The van der Waals surface area contributed by atoms with E-state index in [1.165, 1.54) is 23.6 Å². The van der Waals surface area contributed by atoms with Crippen LogP contribution in [0.3, 0.4) is 0 Å². The van der Waals surface area contributed by atoms with Crippen molar-refractivity contribution in [1.82, 2.24) is 10.3 Å². The summed E-state index contributed by atoms with van der Waals surface area (Å²) in [5.41, 5.74) is -0.0468. The number of amides is 1. The highest BCUT2D eigenvalue weighted by Crippen LogP contribution is 2.22. The fourth-order valence-corrected chi connectivity index (χ4v) is 2.51. The lowest BCUT2D eigenvalue weighted by atomic mass is 10.1. The average Bonchev–Trinajstić information content (AvgIpc) is 2.92. The number of nitrogens with one attached hydrogen (secondary N) is 1. The number of rotatable bonds is 5. The van der Waals surface area contributed by atoms with Gasteiger partial charge in [-0.25, -0.2) is 4.39 Å². The lowest BCUT2D eigenvalue weighted by molar-refractivity contribution is 0.0926. The number of nitrogens with zero attached hydrogens (tertiary/aromatic N) is 1. The summed E-state index contributed by atoms with van der Waals surface area (Å²) >= 11 is 1.48. The molecule has 19 heavy (non-hydrogen) atoms. The maximum atomic E-state index is 13.4. The summed E-state index contributed by atoms with van der Waals surface area (Å²) in [6.45, 7) is -0.0539. The van der Waals surface area contributed by atoms with Crippen LogP contribution in [-0.4, -0.2) is 22.6 Å². The van der Waals surface area contributed by atoms with E-state index in [1.54, 1.807) is 0 Å². The van der Waals surface area contributed by atoms with Crippen LogP contribution in [0.1, 0.15) is 27.7 Å². The molecule has 2 aromatic rings. The minimum atomic E-state index is -0.658. The van der Waals surface area contributed by atoms with Gasteiger partial charge in [-0.2, -0.15) is 0 Å². The molecule has 6 heteroatoms. The zero-order valence-electron chi connectivity index (χ0n) is 10.0. The highest BCUT2D eigenvalue weighted by molar-refractivity contribution is 7.10. The van der Waals surface area contributed by atoms with E-state index in [4.69, 9.17) is 5.11 Å². The summed E-state index contributed by atoms with van der Waals surface area (Å²) in [5.74, 6) is -1.17. The maximum Gasteiger partial charge on any atom is 0.254 e. The molecule has 0 aromatic carbocycles. The summed E-state index contributed by atoms with van der Waals surface area (Å²) in [5, 5.41) is 13.7. The smallest absolute Gasteiger partial charge is 0.254 e. The molecule has 2 aromatic heterocycles. The van der Waals surface area contributed by atoms with E-state index in [0.29, 0.717) is 6.42 Å². The Morgan fingerprint density at radius 1 is 1.53 bits per heavy atom. The van der Waals surface area contributed by atoms with Gasteiger partial charge in [0.15, 0.2) is 5.82 Å². The van der Waals surface area contributed by atoms with Gasteiger partial charge in [-0.3, -0.25) is 9.78 Å². The van der Waals surface area contributed by atoms with E-state index in [9.17, 15) is 9.18 Å². The molecule has 0 aliphatic rings. The van der Waals surface area contributed by atoms with Crippen LogP contribution in [0.2, 0.25) is 0 Å². The quantitative estimate of drug-likeness (QED) is 0.882. The lowest BCUT2D eigenvalue weighted by Gasteiger charge is -2.16. The SMILES string of the molecule is O=C(N[C@@H](CCO)c1cccs1)c1ccncc1F. The second-order valence-electron chi connectivity index (χ2n) is 3.91. The number of aliphatic hydroxyl groups excluding tert-OH is 1. The normalized spacial score (nSPS) is 12.1. The van der Waals surface area contributed by atoms with Gasteiger partial charge in [0.25, 0.3) is 5.91 Å². The number of aromatic nitrogens is 1. The van der Waals surface area contributed by atoms with Crippen molar-refractivity contribution in [3.05, 3.63) is 52.2 Å². The Kier molecular flexibility index (Phi) is 4.59. The Balaban J connectivity index is 2.14. The third kappa shape index (κ3) is 3.36. The molecule has 0 radical (unpaired) electrons. The highest BCUT2D eigenvalue weighted by Gasteiger charge is 2.18. The van der Waals surface area contributed by atoms with Crippen LogP contribution in [-0.2, 0) is 0 Å². The fourth-order valence-electron chi connectivity index (χ4n) is 1.70. The van der Waals surface area contributed by atoms with E-state index < -0.39 is 11.7 Å². The molecule has 0 bridgehead atoms. The third-order valence-corrected chi connectivity index (χ3v) is 3.61. The minimum absolute atomic E-state index is 0.0468. The largest absolute Gasteiger partial charge is 0.396 e. The number of pyridine rings is 1. The molecule has 1 atom stereocenters. The molecule has 1 amide bonds. The summed E-state index contributed by atoms with van der Waals surface area (Å²) < 4.78 is 13.4. The molecular weight excluding hydrogens is 267 g/mol. The first-order chi connectivity index (χ1) is 9.22. The fraction of sp³-hybridized carbons (Fsp3) is 0.231. The van der Waals surface area contributed by atoms with Gasteiger partial charge in [-0.15, -0.1) is 11.3 Å². The molecule has 0 saturated heterocycles. The summed E-state index contributed by atoms with van der Waals surface area (Å²) in [7, 11) is 0. The first kappa shape index (κ1) is 13.6. The van der Waals surface area contributed by atoms with E-state index in [0.717, 1.165) is 11.1 Å². The molecule has 0 fully saturated rings. The van der Waals surface area contributed by atoms with Crippen molar-refractivity contribution in [1.29, 1.82) is 0 Å². The number of thiophene rings is 1. The summed E-state index contributed by atoms with van der Waals surface area (Å²) in [4.78, 5) is 16.5. The van der Waals surface area contributed by atoms with Crippen LogP contribution in [0.15, 0.2) is 36.0 Å². The van der Waals surface area contributed by atoms with Crippen LogP contribution in [0.4, 0.5) is 4.39 Å². The average molecular weight is 280 g/mol. The predicted octanol–water partition coefficient (Wildman–Crippen LogP) is 2.14. The van der Waals surface area contributed by atoms with Gasteiger partial charge in [-0.05, 0) is 23.9 Å². The Bertz CT molecular complexity index is 545. The maximum absolute atomic E-state index is 13.4. The zero-order valence-corrected chi connectivity index (χ0v) is 10.9. The molecular formula is C13H13FN2O2S. The van der Waals surface area contributed by atoms with Crippen LogP contribution in [0.25, 0.3) is 0 Å². The van der Waals surface area contributed by atoms with Crippen LogP contribution < -0.4 is 5.32 Å². The number of halogens is 1. The van der Waals surface area contributed by atoms with Crippen molar-refractivity contribution < 1.29 is 14.3 Å². The Labute approximate surface area is 113 Å².